The molecule has 1 N–H and O–H groups in total. The highest BCUT2D eigenvalue weighted by atomic mass is 35.5. The molecule has 2 rings (SSSR count). The Bertz CT molecular complexity index is 689. The highest BCUT2D eigenvalue weighted by Gasteiger charge is 2.13. The summed E-state index contributed by atoms with van der Waals surface area (Å²) >= 11 is 12.0. The summed E-state index contributed by atoms with van der Waals surface area (Å²) in [7, 11) is 1.54. The van der Waals surface area contributed by atoms with E-state index < -0.39 is 0 Å². The van der Waals surface area contributed by atoms with Crippen LogP contribution in [-0.4, -0.2) is 19.6 Å². The second-order valence-electron chi connectivity index (χ2n) is 4.35. The van der Waals surface area contributed by atoms with E-state index in [0.29, 0.717) is 39.4 Å². The van der Waals surface area contributed by atoms with Crippen LogP contribution in [0.4, 0.5) is 5.69 Å². The summed E-state index contributed by atoms with van der Waals surface area (Å²) in [6.07, 6.45) is 0. The van der Waals surface area contributed by atoms with Crippen molar-refractivity contribution in [2.75, 3.05) is 19.0 Å². The van der Waals surface area contributed by atoms with Gasteiger partial charge in [0, 0.05) is 5.56 Å². The molecule has 2 aromatic rings. The van der Waals surface area contributed by atoms with Crippen molar-refractivity contribution in [2.24, 2.45) is 0 Å². The number of hydrogen-bond donors (Lipinski definition) is 1. The predicted molar refractivity (Wildman–Crippen MR) is 88.6 cm³/mol. The van der Waals surface area contributed by atoms with Crippen LogP contribution in [0, 0.1) is 0 Å². The SMILES string of the molecule is CCOc1cc(C(=O)Nc2cccc(Cl)c2Cl)ccc1OC. The van der Waals surface area contributed by atoms with Gasteiger partial charge in [-0.15, -0.1) is 0 Å². The van der Waals surface area contributed by atoms with Crippen molar-refractivity contribution < 1.29 is 14.3 Å². The van der Waals surface area contributed by atoms with Gasteiger partial charge in [0.25, 0.3) is 5.91 Å². The van der Waals surface area contributed by atoms with Crippen molar-refractivity contribution in [3.63, 3.8) is 0 Å². The van der Waals surface area contributed by atoms with Crippen molar-refractivity contribution in [2.45, 2.75) is 6.92 Å². The van der Waals surface area contributed by atoms with Crippen LogP contribution in [0.5, 0.6) is 11.5 Å². The number of nitrogens with one attached hydrogen (secondary N) is 1. The van der Waals surface area contributed by atoms with E-state index in [0.717, 1.165) is 0 Å². The molecule has 0 aromatic heterocycles. The Kier molecular flexibility index (Phi) is 5.52. The first-order valence-electron chi connectivity index (χ1n) is 6.63. The Hall–Kier alpha value is -1.91. The zero-order valence-electron chi connectivity index (χ0n) is 12.2. The first-order valence-corrected chi connectivity index (χ1v) is 7.38. The first kappa shape index (κ1) is 16.5. The molecule has 0 aliphatic rings. The predicted octanol–water partition coefficient (Wildman–Crippen LogP) is 4.65. The molecule has 0 spiro atoms. The standard InChI is InChI=1S/C16H15Cl2NO3/c1-3-22-14-9-10(7-8-13(14)21-2)16(20)19-12-6-4-5-11(17)15(12)18/h4-9H,3H2,1-2H3,(H,19,20). The number of methoxy groups -OCH3 is 1. The van der Waals surface area contributed by atoms with E-state index in [1.807, 2.05) is 6.92 Å². The van der Waals surface area contributed by atoms with Gasteiger partial charge in [-0.1, -0.05) is 29.3 Å². The molecule has 0 aliphatic heterocycles. The molecule has 0 saturated carbocycles. The average molecular weight is 340 g/mol. The van der Waals surface area contributed by atoms with Crippen molar-refractivity contribution in [1.82, 2.24) is 0 Å². The Balaban J connectivity index is 2.26. The molecular formula is C16H15Cl2NO3. The van der Waals surface area contributed by atoms with E-state index in [9.17, 15) is 4.79 Å². The molecule has 0 radical (unpaired) electrons. The third-order valence-electron chi connectivity index (χ3n) is 2.93. The van der Waals surface area contributed by atoms with Crippen molar-refractivity contribution in [1.29, 1.82) is 0 Å². The highest BCUT2D eigenvalue weighted by molar-refractivity contribution is 6.44. The fourth-order valence-electron chi connectivity index (χ4n) is 1.88. The molecule has 0 unspecified atom stereocenters. The molecule has 2 aromatic carbocycles. The van der Waals surface area contributed by atoms with Crippen molar-refractivity contribution in [3.8, 4) is 11.5 Å². The molecular weight excluding hydrogens is 325 g/mol. The number of hydrogen-bond acceptors (Lipinski definition) is 3. The Labute approximate surface area is 138 Å². The number of carbonyl (C=O) groups is 1. The molecule has 6 heteroatoms. The lowest BCUT2D eigenvalue weighted by atomic mass is 10.2. The van der Waals surface area contributed by atoms with Gasteiger partial charge >= 0.3 is 0 Å². The lowest BCUT2D eigenvalue weighted by Crippen LogP contribution is -2.12. The molecule has 4 nitrogen and oxygen atoms in total. The maximum atomic E-state index is 12.3. The smallest absolute Gasteiger partial charge is 0.255 e. The molecule has 0 heterocycles. The molecule has 0 aliphatic carbocycles. The van der Waals surface area contributed by atoms with Gasteiger partial charge in [-0.3, -0.25) is 4.79 Å². The van der Waals surface area contributed by atoms with Crippen LogP contribution in [-0.2, 0) is 0 Å². The number of benzene rings is 2. The van der Waals surface area contributed by atoms with Gasteiger partial charge in [-0.05, 0) is 37.3 Å². The molecule has 0 bridgehead atoms. The fraction of sp³-hybridized carbons (Fsp3) is 0.188. The van der Waals surface area contributed by atoms with Crippen LogP contribution in [0.15, 0.2) is 36.4 Å². The van der Waals surface area contributed by atoms with Gasteiger partial charge < -0.3 is 14.8 Å². The van der Waals surface area contributed by atoms with Gasteiger partial charge in [0.2, 0.25) is 0 Å². The molecule has 116 valence electrons. The zero-order chi connectivity index (χ0) is 16.1. The summed E-state index contributed by atoms with van der Waals surface area (Å²) in [5.74, 6) is 0.766. The summed E-state index contributed by atoms with van der Waals surface area (Å²) in [5.41, 5.74) is 0.883. The quantitative estimate of drug-likeness (QED) is 0.862. The maximum Gasteiger partial charge on any atom is 0.255 e. The summed E-state index contributed by atoms with van der Waals surface area (Å²) < 4.78 is 10.7. The van der Waals surface area contributed by atoms with E-state index >= 15 is 0 Å². The molecule has 1 amide bonds. The Morgan fingerprint density at radius 2 is 1.95 bits per heavy atom. The van der Waals surface area contributed by atoms with Gasteiger partial charge in [0.1, 0.15) is 0 Å². The van der Waals surface area contributed by atoms with E-state index in [1.165, 1.54) is 0 Å². The number of ether oxygens (including phenoxy) is 2. The highest BCUT2D eigenvalue weighted by Crippen LogP contribution is 2.31. The van der Waals surface area contributed by atoms with Crippen LogP contribution in [0.25, 0.3) is 0 Å². The van der Waals surface area contributed by atoms with Gasteiger partial charge in [0.05, 0.1) is 29.4 Å². The second-order valence-corrected chi connectivity index (χ2v) is 5.14. The van der Waals surface area contributed by atoms with Crippen LogP contribution >= 0.6 is 23.2 Å². The number of halogens is 2. The largest absolute Gasteiger partial charge is 0.493 e. The summed E-state index contributed by atoms with van der Waals surface area (Å²) in [5, 5.41) is 3.40. The monoisotopic (exact) mass is 339 g/mol. The van der Waals surface area contributed by atoms with E-state index in [1.54, 1.807) is 43.5 Å². The van der Waals surface area contributed by atoms with E-state index in [4.69, 9.17) is 32.7 Å². The van der Waals surface area contributed by atoms with Crippen molar-refractivity contribution in [3.05, 3.63) is 52.0 Å². The lowest BCUT2D eigenvalue weighted by Gasteiger charge is -2.12. The fourth-order valence-corrected chi connectivity index (χ4v) is 2.23. The number of amides is 1. The third kappa shape index (κ3) is 3.64. The Morgan fingerprint density at radius 3 is 2.64 bits per heavy atom. The zero-order valence-corrected chi connectivity index (χ0v) is 13.7. The number of anilines is 1. The summed E-state index contributed by atoms with van der Waals surface area (Å²) in [6, 6.07) is 9.99. The minimum absolute atomic E-state index is 0.302. The van der Waals surface area contributed by atoms with Crippen molar-refractivity contribution >= 4 is 34.8 Å². The summed E-state index contributed by atoms with van der Waals surface area (Å²) in [6.45, 7) is 2.33. The van der Waals surface area contributed by atoms with Gasteiger partial charge in [-0.25, -0.2) is 0 Å². The number of carbonyl (C=O) groups excluding carboxylic acids is 1. The minimum atomic E-state index is -0.312. The van der Waals surface area contributed by atoms with Gasteiger partial charge in [-0.2, -0.15) is 0 Å². The van der Waals surface area contributed by atoms with Gasteiger partial charge in [0.15, 0.2) is 11.5 Å². The average Bonchev–Trinajstić information content (AvgIpc) is 2.52. The lowest BCUT2D eigenvalue weighted by molar-refractivity contribution is 0.102. The number of rotatable bonds is 5. The molecule has 22 heavy (non-hydrogen) atoms. The maximum absolute atomic E-state index is 12.3. The topological polar surface area (TPSA) is 47.6 Å². The van der Waals surface area contributed by atoms with Crippen LogP contribution < -0.4 is 14.8 Å². The van der Waals surface area contributed by atoms with Crippen LogP contribution in [0.1, 0.15) is 17.3 Å². The van der Waals surface area contributed by atoms with E-state index in [-0.39, 0.29) is 5.91 Å². The minimum Gasteiger partial charge on any atom is -0.493 e. The van der Waals surface area contributed by atoms with Crippen LogP contribution in [0.2, 0.25) is 10.0 Å². The van der Waals surface area contributed by atoms with Crippen LogP contribution in [0.3, 0.4) is 0 Å². The third-order valence-corrected chi connectivity index (χ3v) is 3.74. The van der Waals surface area contributed by atoms with E-state index in [2.05, 4.69) is 5.32 Å². The Morgan fingerprint density at radius 1 is 1.18 bits per heavy atom. The second kappa shape index (κ2) is 7.38. The molecule has 0 saturated heterocycles. The molecule has 0 fully saturated rings. The normalized spacial score (nSPS) is 10.2. The summed E-state index contributed by atoms with van der Waals surface area (Å²) in [4.78, 5) is 12.3. The molecule has 0 atom stereocenters. The first-order chi connectivity index (χ1) is 10.6.